The maximum atomic E-state index is 13.0. The van der Waals surface area contributed by atoms with Crippen molar-refractivity contribution in [2.24, 2.45) is 0 Å². The van der Waals surface area contributed by atoms with Crippen LogP contribution in [0.5, 0.6) is 0 Å². The zero-order chi connectivity index (χ0) is 28.8. The Kier molecular flexibility index (Phi) is 10.6. The normalized spacial score (nSPS) is 21.7. The first kappa shape index (κ1) is 31.6. The summed E-state index contributed by atoms with van der Waals surface area (Å²) in [6.07, 6.45) is 1.15. The molecule has 3 rings (SSSR count). The van der Waals surface area contributed by atoms with Gasteiger partial charge in [-0.05, 0) is 57.3 Å². The van der Waals surface area contributed by atoms with E-state index in [9.17, 15) is 9.59 Å². The van der Waals surface area contributed by atoms with E-state index in [0.29, 0.717) is 26.1 Å². The molecule has 1 N–H and O–H groups in total. The lowest BCUT2D eigenvalue weighted by atomic mass is 10.1. The number of amides is 2. The molecule has 9 heteroatoms. The van der Waals surface area contributed by atoms with Gasteiger partial charge in [-0.1, -0.05) is 51.1 Å². The van der Waals surface area contributed by atoms with E-state index in [1.807, 2.05) is 31.7 Å². The van der Waals surface area contributed by atoms with Crippen molar-refractivity contribution in [1.82, 2.24) is 20.0 Å². The van der Waals surface area contributed by atoms with Gasteiger partial charge in [-0.2, -0.15) is 0 Å². The van der Waals surface area contributed by atoms with Crippen molar-refractivity contribution in [2.45, 2.75) is 96.8 Å². The predicted octanol–water partition coefficient (Wildman–Crippen LogP) is 4.71. The molecule has 2 aliphatic rings. The van der Waals surface area contributed by atoms with Crippen LogP contribution in [0.3, 0.4) is 0 Å². The molecule has 2 heterocycles. The number of hydrogen-bond acceptors (Lipinski definition) is 6. The summed E-state index contributed by atoms with van der Waals surface area (Å²) in [6.45, 7) is 23.0. The van der Waals surface area contributed by atoms with Gasteiger partial charge < -0.3 is 19.4 Å². The number of carbonyl (C=O) groups is 2. The van der Waals surface area contributed by atoms with Gasteiger partial charge >= 0.3 is 6.09 Å². The lowest BCUT2D eigenvalue weighted by Gasteiger charge is -2.38. The Morgan fingerprint density at radius 3 is 2.18 bits per heavy atom. The summed E-state index contributed by atoms with van der Waals surface area (Å²) in [5.41, 5.74) is 0.771. The summed E-state index contributed by atoms with van der Waals surface area (Å²) in [7, 11) is -1.97. The highest BCUT2D eigenvalue weighted by Crippen LogP contribution is 2.39. The molecule has 1 aromatic rings. The van der Waals surface area contributed by atoms with Crippen molar-refractivity contribution in [1.29, 1.82) is 0 Å². The molecule has 0 aromatic heterocycles. The van der Waals surface area contributed by atoms with E-state index >= 15 is 0 Å². The fraction of sp³-hybridized carbons (Fsp3) is 0.733. The Hall–Kier alpha value is -1.94. The van der Waals surface area contributed by atoms with Crippen LogP contribution in [0.2, 0.25) is 18.1 Å². The van der Waals surface area contributed by atoms with E-state index in [2.05, 4.69) is 73.2 Å². The number of piperazine rings is 1. The quantitative estimate of drug-likeness (QED) is 0.441. The minimum atomic E-state index is -1.97. The van der Waals surface area contributed by atoms with Crippen molar-refractivity contribution >= 4 is 20.3 Å². The SMILES string of the molecule is CC(C)(C)OC(=O)N1CC(O[Si](C)(C)C(C)(C)C)CC1CCNC(=O)CN1CCN(Cc2ccccc2)CC1. The number of ether oxygens (including phenoxy) is 1. The zero-order valence-corrected chi connectivity index (χ0v) is 26.6. The molecule has 2 aliphatic heterocycles. The molecule has 220 valence electrons. The topological polar surface area (TPSA) is 74.3 Å². The molecule has 0 radical (unpaired) electrons. The van der Waals surface area contributed by atoms with Gasteiger partial charge in [0.15, 0.2) is 8.32 Å². The minimum Gasteiger partial charge on any atom is -0.444 e. The van der Waals surface area contributed by atoms with Gasteiger partial charge in [0.1, 0.15) is 5.60 Å². The molecule has 8 nitrogen and oxygen atoms in total. The van der Waals surface area contributed by atoms with Crippen LogP contribution in [0.1, 0.15) is 59.9 Å². The summed E-state index contributed by atoms with van der Waals surface area (Å²) in [4.78, 5) is 32.3. The average molecular weight is 561 g/mol. The number of likely N-dealkylation sites (tertiary alicyclic amines) is 1. The van der Waals surface area contributed by atoms with Gasteiger partial charge in [0.25, 0.3) is 0 Å². The minimum absolute atomic E-state index is 0.00806. The Morgan fingerprint density at radius 1 is 0.974 bits per heavy atom. The first-order valence-electron chi connectivity index (χ1n) is 14.6. The van der Waals surface area contributed by atoms with Crippen molar-refractivity contribution in [3.63, 3.8) is 0 Å². The Labute approximate surface area is 237 Å². The van der Waals surface area contributed by atoms with Crippen molar-refractivity contribution < 1.29 is 18.8 Å². The molecule has 2 amide bonds. The molecule has 0 aliphatic carbocycles. The van der Waals surface area contributed by atoms with Crippen LogP contribution in [0.4, 0.5) is 4.79 Å². The molecule has 0 saturated carbocycles. The molecular formula is C30H52N4O4Si. The summed E-state index contributed by atoms with van der Waals surface area (Å²) in [6, 6.07) is 10.5. The molecule has 2 unspecified atom stereocenters. The highest BCUT2D eigenvalue weighted by Gasteiger charge is 2.44. The van der Waals surface area contributed by atoms with Crippen molar-refractivity contribution in [3.8, 4) is 0 Å². The van der Waals surface area contributed by atoms with Gasteiger partial charge in [-0.3, -0.25) is 14.6 Å². The van der Waals surface area contributed by atoms with Crippen LogP contribution < -0.4 is 5.32 Å². The Balaban J connectivity index is 1.46. The summed E-state index contributed by atoms with van der Waals surface area (Å²) in [5.74, 6) is 0.0439. The molecular weight excluding hydrogens is 508 g/mol. The third kappa shape index (κ3) is 9.88. The molecule has 0 bridgehead atoms. The van der Waals surface area contributed by atoms with Gasteiger partial charge in [0, 0.05) is 51.9 Å². The van der Waals surface area contributed by atoms with Crippen LogP contribution in [-0.2, 0) is 20.5 Å². The third-order valence-corrected chi connectivity index (χ3v) is 12.7. The lowest BCUT2D eigenvalue weighted by Crippen LogP contribution is -2.49. The smallest absolute Gasteiger partial charge is 0.410 e. The van der Waals surface area contributed by atoms with E-state index in [4.69, 9.17) is 9.16 Å². The average Bonchev–Trinajstić information content (AvgIpc) is 3.21. The highest BCUT2D eigenvalue weighted by molar-refractivity contribution is 6.74. The third-order valence-electron chi connectivity index (χ3n) is 8.15. The molecule has 1 aromatic carbocycles. The van der Waals surface area contributed by atoms with Crippen molar-refractivity contribution in [3.05, 3.63) is 35.9 Å². The second-order valence-electron chi connectivity index (χ2n) is 13.7. The van der Waals surface area contributed by atoms with Gasteiger partial charge in [-0.25, -0.2) is 4.79 Å². The molecule has 2 saturated heterocycles. The van der Waals surface area contributed by atoms with E-state index < -0.39 is 13.9 Å². The summed E-state index contributed by atoms with van der Waals surface area (Å²) >= 11 is 0. The van der Waals surface area contributed by atoms with Crippen LogP contribution in [0.15, 0.2) is 30.3 Å². The first-order chi connectivity index (χ1) is 18.1. The number of nitrogens with zero attached hydrogens (tertiary/aromatic N) is 3. The standard InChI is InChI=1S/C30H52N4O4Si/c1-29(2,3)37-28(36)34-22-26(38-39(7,8)30(4,5)6)20-25(34)14-15-31-27(35)23-33-18-16-32(17-19-33)21-24-12-10-9-11-13-24/h9-13,25-26H,14-23H2,1-8H3,(H,31,35). The highest BCUT2D eigenvalue weighted by atomic mass is 28.4. The number of benzene rings is 1. The fourth-order valence-corrected chi connectivity index (χ4v) is 6.31. The van der Waals surface area contributed by atoms with E-state index in [0.717, 1.165) is 39.1 Å². The van der Waals surface area contributed by atoms with E-state index in [1.54, 1.807) is 0 Å². The fourth-order valence-electron chi connectivity index (χ4n) is 4.95. The number of nitrogens with one attached hydrogen (secondary N) is 1. The number of rotatable bonds is 9. The van der Waals surface area contributed by atoms with Crippen LogP contribution in [-0.4, -0.2) is 98.6 Å². The number of hydrogen-bond donors (Lipinski definition) is 1. The largest absolute Gasteiger partial charge is 0.444 e. The van der Waals surface area contributed by atoms with Gasteiger partial charge in [-0.15, -0.1) is 0 Å². The zero-order valence-electron chi connectivity index (χ0n) is 25.6. The molecule has 2 fully saturated rings. The molecule has 2 atom stereocenters. The van der Waals surface area contributed by atoms with Crippen LogP contribution in [0, 0.1) is 0 Å². The maximum absolute atomic E-state index is 13.0. The lowest BCUT2D eigenvalue weighted by molar-refractivity contribution is -0.122. The predicted molar refractivity (Wildman–Crippen MR) is 159 cm³/mol. The van der Waals surface area contributed by atoms with E-state index in [-0.39, 0.29) is 29.2 Å². The monoisotopic (exact) mass is 560 g/mol. The maximum Gasteiger partial charge on any atom is 0.410 e. The summed E-state index contributed by atoms with van der Waals surface area (Å²) < 4.78 is 12.4. The second-order valence-corrected chi connectivity index (χ2v) is 18.5. The first-order valence-corrected chi connectivity index (χ1v) is 17.5. The molecule has 39 heavy (non-hydrogen) atoms. The second kappa shape index (κ2) is 13.1. The number of carbonyl (C=O) groups excluding carboxylic acids is 2. The molecule has 0 spiro atoms. The van der Waals surface area contributed by atoms with Gasteiger partial charge in [0.2, 0.25) is 5.91 Å². The Morgan fingerprint density at radius 2 is 1.59 bits per heavy atom. The van der Waals surface area contributed by atoms with Crippen LogP contribution >= 0.6 is 0 Å². The van der Waals surface area contributed by atoms with Crippen molar-refractivity contribution in [2.75, 3.05) is 45.8 Å². The summed E-state index contributed by atoms with van der Waals surface area (Å²) in [5, 5.41) is 3.20. The van der Waals surface area contributed by atoms with Gasteiger partial charge in [0.05, 0.1) is 12.6 Å². The van der Waals surface area contributed by atoms with Crippen LogP contribution in [0.25, 0.3) is 0 Å². The Bertz CT molecular complexity index is 937. The van der Waals surface area contributed by atoms with E-state index in [1.165, 1.54) is 5.56 Å².